The summed E-state index contributed by atoms with van der Waals surface area (Å²) in [4.78, 5) is 25.4. The van der Waals surface area contributed by atoms with E-state index in [1.165, 1.54) is 12.8 Å². The Labute approximate surface area is 130 Å². The Bertz CT molecular complexity index is 544. The van der Waals surface area contributed by atoms with Gasteiger partial charge in [-0.15, -0.1) is 0 Å². The molecule has 5 nitrogen and oxygen atoms in total. The van der Waals surface area contributed by atoms with Gasteiger partial charge >= 0.3 is 0 Å². The van der Waals surface area contributed by atoms with Crippen molar-refractivity contribution in [1.82, 2.24) is 10.2 Å². The molecule has 3 rings (SSSR count). The lowest BCUT2D eigenvalue weighted by atomic mass is 10.0. The molecule has 2 amide bonds. The van der Waals surface area contributed by atoms with Gasteiger partial charge in [-0.3, -0.25) is 9.59 Å². The Morgan fingerprint density at radius 3 is 2.18 bits per heavy atom. The maximum Gasteiger partial charge on any atom is 0.253 e. The van der Waals surface area contributed by atoms with Crippen molar-refractivity contribution in [3.63, 3.8) is 0 Å². The number of piperidine rings is 1. The zero-order chi connectivity index (χ0) is 15.5. The standard InChI is InChI=1S/C17H23N3O2/c18-16(21)13-3-5-14(6-4-13)17(22)20-9-7-15(8-10-20)19-11-12-1-2-12/h3-6,12,15,19H,1-2,7-11H2,(H2,18,21). The summed E-state index contributed by atoms with van der Waals surface area (Å²) in [5.74, 6) is 0.460. The van der Waals surface area contributed by atoms with E-state index in [0.717, 1.165) is 38.4 Å². The van der Waals surface area contributed by atoms with Crippen LogP contribution in [0.15, 0.2) is 24.3 Å². The SMILES string of the molecule is NC(=O)c1ccc(C(=O)N2CCC(NCC3CC3)CC2)cc1. The molecule has 0 atom stereocenters. The molecule has 2 aliphatic rings. The van der Waals surface area contributed by atoms with Gasteiger partial charge in [0.05, 0.1) is 0 Å². The van der Waals surface area contributed by atoms with E-state index in [1.54, 1.807) is 24.3 Å². The highest BCUT2D eigenvalue weighted by Crippen LogP contribution is 2.28. The quantitative estimate of drug-likeness (QED) is 0.863. The highest BCUT2D eigenvalue weighted by molar-refractivity contribution is 5.97. The van der Waals surface area contributed by atoms with Crippen LogP contribution in [0.1, 0.15) is 46.4 Å². The van der Waals surface area contributed by atoms with Gasteiger partial charge in [-0.1, -0.05) is 0 Å². The molecule has 1 aromatic carbocycles. The average Bonchev–Trinajstić information content (AvgIpc) is 3.37. The summed E-state index contributed by atoms with van der Waals surface area (Å²) in [7, 11) is 0. The summed E-state index contributed by atoms with van der Waals surface area (Å²) in [5.41, 5.74) is 6.26. The lowest BCUT2D eigenvalue weighted by Gasteiger charge is -2.32. The maximum absolute atomic E-state index is 12.5. The first-order valence-electron chi connectivity index (χ1n) is 8.06. The third kappa shape index (κ3) is 3.65. The number of hydrogen-bond acceptors (Lipinski definition) is 3. The lowest BCUT2D eigenvalue weighted by Crippen LogP contribution is -2.45. The maximum atomic E-state index is 12.5. The van der Waals surface area contributed by atoms with Gasteiger partial charge in [0.1, 0.15) is 0 Å². The highest BCUT2D eigenvalue weighted by atomic mass is 16.2. The molecule has 0 spiro atoms. The molecule has 22 heavy (non-hydrogen) atoms. The van der Waals surface area contributed by atoms with Crippen LogP contribution in [0.2, 0.25) is 0 Å². The van der Waals surface area contributed by atoms with Crippen LogP contribution in [-0.4, -0.2) is 42.4 Å². The Hall–Kier alpha value is -1.88. The predicted octanol–water partition coefficient (Wildman–Crippen LogP) is 1.39. The van der Waals surface area contributed by atoms with Gasteiger partial charge in [0.15, 0.2) is 0 Å². The van der Waals surface area contributed by atoms with E-state index >= 15 is 0 Å². The Balaban J connectivity index is 1.51. The normalized spacial score (nSPS) is 19.2. The summed E-state index contributed by atoms with van der Waals surface area (Å²) in [6.45, 7) is 2.71. The minimum absolute atomic E-state index is 0.0386. The Morgan fingerprint density at radius 1 is 1.05 bits per heavy atom. The van der Waals surface area contributed by atoms with E-state index in [1.807, 2.05) is 4.90 Å². The van der Waals surface area contributed by atoms with Crippen LogP contribution < -0.4 is 11.1 Å². The summed E-state index contributed by atoms with van der Waals surface area (Å²) < 4.78 is 0. The molecule has 0 bridgehead atoms. The molecule has 1 saturated heterocycles. The number of carbonyl (C=O) groups is 2. The number of likely N-dealkylation sites (tertiary alicyclic amines) is 1. The Morgan fingerprint density at radius 2 is 1.64 bits per heavy atom. The number of amides is 2. The molecule has 0 radical (unpaired) electrons. The number of nitrogens with two attached hydrogens (primary N) is 1. The number of nitrogens with one attached hydrogen (secondary N) is 1. The zero-order valence-corrected chi connectivity index (χ0v) is 12.8. The third-order valence-corrected chi connectivity index (χ3v) is 4.59. The highest BCUT2D eigenvalue weighted by Gasteiger charge is 2.26. The largest absolute Gasteiger partial charge is 0.366 e. The molecule has 1 aliphatic carbocycles. The summed E-state index contributed by atoms with van der Waals surface area (Å²) >= 11 is 0. The van der Waals surface area contributed by atoms with Gasteiger partial charge in [0, 0.05) is 30.3 Å². The van der Waals surface area contributed by atoms with Gasteiger partial charge in [0.2, 0.25) is 5.91 Å². The van der Waals surface area contributed by atoms with Crippen LogP contribution in [0.4, 0.5) is 0 Å². The van der Waals surface area contributed by atoms with Crippen LogP contribution in [0.5, 0.6) is 0 Å². The summed E-state index contributed by atoms with van der Waals surface area (Å²) in [6.07, 6.45) is 4.76. The van der Waals surface area contributed by atoms with Gasteiger partial charge in [-0.05, 0) is 62.4 Å². The molecule has 0 aromatic heterocycles. The predicted molar refractivity (Wildman–Crippen MR) is 84.6 cm³/mol. The molecule has 3 N–H and O–H groups in total. The molecular formula is C17H23N3O2. The summed E-state index contributed by atoms with van der Waals surface area (Å²) in [5, 5.41) is 3.61. The average molecular weight is 301 g/mol. The van der Waals surface area contributed by atoms with Crippen LogP contribution in [-0.2, 0) is 0 Å². The van der Waals surface area contributed by atoms with Crippen molar-refractivity contribution in [2.75, 3.05) is 19.6 Å². The molecule has 2 fully saturated rings. The first kappa shape index (κ1) is 15.0. The van der Waals surface area contributed by atoms with Crippen LogP contribution in [0, 0.1) is 5.92 Å². The zero-order valence-electron chi connectivity index (χ0n) is 12.8. The van der Waals surface area contributed by atoms with Crippen molar-refractivity contribution >= 4 is 11.8 Å². The van der Waals surface area contributed by atoms with Crippen LogP contribution in [0.3, 0.4) is 0 Å². The molecule has 1 saturated carbocycles. The van der Waals surface area contributed by atoms with Gasteiger partial charge in [0.25, 0.3) is 5.91 Å². The number of nitrogens with zero attached hydrogens (tertiary/aromatic N) is 1. The molecule has 1 aliphatic heterocycles. The minimum atomic E-state index is -0.471. The fraction of sp³-hybridized carbons (Fsp3) is 0.529. The van der Waals surface area contributed by atoms with E-state index in [-0.39, 0.29) is 5.91 Å². The second-order valence-electron chi connectivity index (χ2n) is 6.36. The van der Waals surface area contributed by atoms with E-state index < -0.39 is 5.91 Å². The number of benzene rings is 1. The smallest absolute Gasteiger partial charge is 0.253 e. The minimum Gasteiger partial charge on any atom is -0.366 e. The lowest BCUT2D eigenvalue weighted by molar-refractivity contribution is 0.0704. The van der Waals surface area contributed by atoms with Gasteiger partial charge in [-0.2, -0.15) is 0 Å². The first-order valence-corrected chi connectivity index (χ1v) is 8.06. The van der Waals surface area contributed by atoms with Gasteiger partial charge < -0.3 is 16.0 Å². The third-order valence-electron chi connectivity index (χ3n) is 4.59. The second-order valence-corrected chi connectivity index (χ2v) is 6.36. The molecule has 1 aromatic rings. The monoisotopic (exact) mass is 301 g/mol. The molecule has 1 heterocycles. The second kappa shape index (κ2) is 6.48. The first-order chi connectivity index (χ1) is 10.6. The van der Waals surface area contributed by atoms with E-state index in [2.05, 4.69) is 5.32 Å². The van der Waals surface area contributed by atoms with Crippen molar-refractivity contribution in [2.24, 2.45) is 11.7 Å². The molecule has 0 unspecified atom stereocenters. The van der Waals surface area contributed by atoms with Crippen LogP contribution >= 0.6 is 0 Å². The van der Waals surface area contributed by atoms with E-state index in [0.29, 0.717) is 17.2 Å². The van der Waals surface area contributed by atoms with E-state index in [9.17, 15) is 9.59 Å². The fourth-order valence-electron chi connectivity index (χ4n) is 2.90. The molecule has 118 valence electrons. The van der Waals surface area contributed by atoms with Crippen LogP contribution in [0.25, 0.3) is 0 Å². The van der Waals surface area contributed by atoms with Crippen molar-refractivity contribution in [1.29, 1.82) is 0 Å². The topological polar surface area (TPSA) is 75.4 Å². The van der Waals surface area contributed by atoms with E-state index in [4.69, 9.17) is 5.73 Å². The number of hydrogen-bond donors (Lipinski definition) is 2. The van der Waals surface area contributed by atoms with Crippen molar-refractivity contribution < 1.29 is 9.59 Å². The fourth-order valence-corrected chi connectivity index (χ4v) is 2.90. The molecular weight excluding hydrogens is 278 g/mol. The summed E-state index contributed by atoms with van der Waals surface area (Å²) in [6, 6.07) is 7.13. The Kier molecular flexibility index (Phi) is 4.43. The van der Waals surface area contributed by atoms with Gasteiger partial charge in [-0.25, -0.2) is 0 Å². The number of carbonyl (C=O) groups excluding carboxylic acids is 2. The van der Waals surface area contributed by atoms with Crippen molar-refractivity contribution in [3.8, 4) is 0 Å². The number of rotatable bonds is 5. The van der Waals surface area contributed by atoms with Crippen molar-refractivity contribution in [2.45, 2.75) is 31.7 Å². The molecule has 5 heteroatoms. The number of primary amides is 1. The van der Waals surface area contributed by atoms with Crippen molar-refractivity contribution in [3.05, 3.63) is 35.4 Å².